The Morgan fingerprint density at radius 3 is 1.93 bits per heavy atom. The van der Waals surface area contributed by atoms with Gasteiger partial charge in [0.25, 0.3) is 0 Å². The molecule has 0 aliphatic heterocycles. The van der Waals surface area contributed by atoms with Gasteiger partial charge in [0, 0.05) is 0 Å². The molecular weight excluding hydrogens is 184 g/mol. The third-order valence-corrected chi connectivity index (χ3v) is 5.62. The van der Waals surface area contributed by atoms with Gasteiger partial charge in [0.1, 0.15) is 0 Å². The summed E-state index contributed by atoms with van der Waals surface area (Å²) in [7, 11) is 0. The first-order valence-electron chi connectivity index (χ1n) is 6.54. The van der Waals surface area contributed by atoms with E-state index in [1.165, 1.54) is 19.3 Å². The zero-order chi connectivity index (χ0) is 10.9. The van der Waals surface area contributed by atoms with Crippen LogP contribution in [-0.2, 0) is 0 Å². The Kier molecular flexibility index (Phi) is 1.77. The molecule has 4 aliphatic rings. The highest BCUT2D eigenvalue weighted by molar-refractivity contribution is 5.11. The molecule has 4 bridgehead atoms. The monoisotopic (exact) mass is 208 g/mol. The molecular formula is C14H24O. The smallest absolute Gasteiger partial charge is 0.0658 e. The van der Waals surface area contributed by atoms with Crippen LogP contribution < -0.4 is 0 Å². The van der Waals surface area contributed by atoms with Gasteiger partial charge in [-0.3, -0.25) is 0 Å². The number of rotatable bonds is 0. The number of hydrogen-bond donors (Lipinski definition) is 1. The average molecular weight is 208 g/mol. The van der Waals surface area contributed by atoms with E-state index in [1.54, 1.807) is 0 Å². The van der Waals surface area contributed by atoms with E-state index in [1.807, 2.05) is 0 Å². The van der Waals surface area contributed by atoms with Gasteiger partial charge >= 0.3 is 0 Å². The van der Waals surface area contributed by atoms with Gasteiger partial charge in [0.2, 0.25) is 0 Å². The van der Waals surface area contributed by atoms with Crippen LogP contribution in [0.2, 0.25) is 0 Å². The van der Waals surface area contributed by atoms with Crippen molar-refractivity contribution in [2.24, 2.45) is 22.7 Å². The van der Waals surface area contributed by atoms with Gasteiger partial charge in [0.05, 0.1) is 5.60 Å². The zero-order valence-corrected chi connectivity index (χ0v) is 10.3. The average Bonchev–Trinajstić information content (AvgIpc) is 1.95. The summed E-state index contributed by atoms with van der Waals surface area (Å²) in [5.74, 6) is 1.66. The minimum absolute atomic E-state index is 0.280. The van der Waals surface area contributed by atoms with Crippen LogP contribution in [0.1, 0.15) is 59.3 Å². The zero-order valence-electron chi connectivity index (χ0n) is 10.3. The Balaban J connectivity index is 2.00. The standard InChI is InChI=1S/C14H24O/c1-12(2,3)13-5-10-4-11(6-13)8-14(15,7-10)9-13/h10-11,15H,4-9H2,1-3H3/t10-,11+,13?,14?. The highest BCUT2D eigenvalue weighted by atomic mass is 16.3. The summed E-state index contributed by atoms with van der Waals surface area (Å²) in [4.78, 5) is 0. The van der Waals surface area contributed by atoms with Gasteiger partial charge in [-0.15, -0.1) is 0 Å². The molecule has 1 N–H and O–H groups in total. The summed E-state index contributed by atoms with van der Waals surface area (Å²) in [5.41, 5.74) is 0.544. The lowest BCUT2D eigenvalue weighted by atomic mass is 9.42. The lowest BCUT2D eigenvalue weighted by Gasteiger charge is -2.64. The molecule has 0 spiro atoms. The lowest BCUT2D eigenvalue weighted by Crippen LogP contribution is -2.59. The molecule has 0 radical (unpaired) electrons. The van der Waals surface area contributed by atoms with Crippen molar-refractivity contribution in [3.05, 3.63) is 0 Å². The van der Waals surface area contributed by atoms with Gasteiger partial charge in [-0.05, 0) is 61.2 Å². The summed E-state index contributed by atoms with van der Waals surface area (Å²) < 4.78 is 0. The summed E-state index contributed by atoms with van der Waals surface area (Å²) >= 11 is 0. The second-order valence-electron chi connectivity index (χ2n) is 7.72. The van der Waals surface area contributed by atoms with E-state index in [-0.39, 0.29) is 5.60 Å². The van der Waals surface area contributed by atoms with Crippen molar-refractivity contribution in [1.82, 2.24) is 0 Å². The van der Waals surface area contributed by atoms with Crippen molar-refractivity contribution >= 4 is 0 Å². The van der Waals surface area contributed by atoms with Crippen molar-refractivity contribution in [2.45, 2.75) is 64.9 Å². The molecule has 1 nitrogen and oxygen atoms in total. The van der Waals surface area contributed by atoms with E-state index in [0.29, 0.717) is 10.8 Å². The quantitative estimate of drug-likeness (QED) is 0.647. The minimum Gasteiger partial charge on any atom is -0.390 e. The maximum absolute atomic E-state index is 10.6. The lowest BCUT2D eigenvalue weighted by molar-refractivity contribution is -0.195. The maximum atomic E-state index is 10.6. The van der Waals surface area contributed by atoms with Crippen molar-refractivity contribution in [2.75, 3.05) is 0 Å². The minimum atomic E-state index is -0.280. The molecule has 4 atom stereocenters. The summed E-state index contributed by atoms with van der Waals surface area (Å²) in [6.07, 6.45) is 7.45. The second-order valence-corrected chi connectivity index (χ2v) is 7.72. The summed E-state index contributed by atoms with van der Waals surface area (Å²) in [6.45, 7) is 7.14. The van der Waals surface area contributed by atoms with Crippen LogP contribution in [0, 0.1) is 22.7 Å². The van der Waals surface area contributed by atoms with Gasteiger partial charge in [-0.25, -0.2) is 0 Å². The molecule has 0 saturated heterocycles. The molecule has 0 aromatic rings. The molecule has 2 unspecified atom stereocenters. The third-order valence-electron chi connectivity index (χ3n) is 5.62. The van der Waals surface area contributed by atoms with Crippen LogP contribution >= 0.6 is 0 Å². The summed E-state index contributed by atoms with van der Waals surface area (Å²) in [6, 6.07) is 0. The van der Waals surface area contributed by atoms with Gasteiger partial charge in [0.15, 0.2) is 0 Å². The Morgan fingerprint density at radius 1 is 1.00 bits per heavy atom. The first-order valence-corrected chi connectivity index (χ1v) is 6.54. The molecule has 0 heterocycles. The van der Waals surface area contributed by atoms with Crippen molar-refractivity contribution < 1.29 is 5.11 Å². The Labute approximate surface area is 93.3 Å². The normalized spacial score (nSPS) is 53.6. The van der Waals surface area contributed by atoms with Crippen LogP contribution in [0.15, 0.2) is 0 Å². The Hall–Kier alpha value is -0.0400. The largest absolute Gasteiger partial charge is 0.390 e. The molecule has 4 rings (SSSR count). The van der Waals surface area contributed by atoms with E-state index in [0.717, 1.165) is 31.1 Å². The first kappa shape index (κ1) is 10.1. The Bertz CT molecular complexity index is 272. The molecule has 1 heteroatoms. The van der Waals surface area contributed by atoms with E-state index in [4.69, 9.17) is 0 Å². The molecule has 15 heavy (non-hydrogen) atoms. The molecule has 4 saturated carbocycles. The van der Waals surface area contributed by atoms with Crippen LogP contribution in [0.3, 0.4) is 0 Å². The molecule has 0 aromatic carbocycles. The predicted molar refractivity (Wildman–Crippen MR) is 61.5 cm³/mol. The maximum Gasteiger partial charge on any atom is 0.0658 e. The van der Waals surface area contributed by atoms with Crippen molar-refractivity contribution in [3.8, 4) is 0 Å². The second kappa shape index (κ2) is 2.61. The van der Waals surface area contributed by atoms with E-state index < -0.39 is 0 Å². The third kappa shape index (κ3) is 1.32. The van der Waals surface area contributed by atoms with Crippen molar-refractivity contribution in [3.63, 3.8) is 0 Å². The predicted octanol–water partition coefficient (Wildman–Crippen LogP) is 3.36. The molecule has 86 valence electrons. The fourth-order valence-electron chi connectivity index (χ4n) is 5.09. The van der Waals surface area contributed by atoms with Crippen LogP contribution in [0.25, 0.3) is 0 Å². The van der Waals surface area contributed by atoms with E-state index in [9.17, 15) is 5.11 Å². The van der Waals surface area contributed by atoms with Crippen LogP contribution in [-0.4, -0.2) is 10.7 Å². The van der Waals surface area contributed by atoms with Gasteiger partial charge in [-0.1, -0.05) is 20.8 Å². The number of aliphatic hydroxyl groups is 1. The highest BCUT2D eigenvalue weighted by Crippen LogP contribution is 2.66. The van der Waals surface area contributed by atoms with Crippen LogP contribution in [0.5, 0.6) is 0 Å². The van der Waals surface area contributed by atoms with Gasteiger partial charge < -0.3 is 5.11 Å². The van der Waals surface area contributed by atoms with Gasteiger partial charge in [-0.2, -0.15) is 0 Å². The molecule has 0 amide bonds. The molecule has 4 fully saturated rings. The Morgan fingerprint density at radius 2 is 1.53 bits per heavy atom. The molecule has 4 aliphatic carbocycles. The fraction of sp³-hybridized carbons (Fsp3) is 1.00. The van der Waals surface area contributed by atoms with Crippen LogP contribution in [0.4, 0.5) is 0 Å². The van der Waals surface area contributed by atoms with E-state index >= 15 is 0 Å². The number of hydrogen-bond acceptors (Lipinski definition) is 1. The molecule has 0 aromatic heterocycles. The van der Waals surface area contributed by atoms with E-state index in [2.05, 4.69) is 20.8 Å². The van der Waals surface area contributed by atoms with Crippen molar-refractivity contribution in [1.29, 1.82) is 0 Å². The fourth-order valence-corrected chi connectivity index (χ4v) is 5.09. The first-order chi connectivity index (χ1) is 6.82. The topological polar surface area (TPSA) is 20.2 Å². The SMILES string of the molecule is CC(C)(C)C12C[C@@H]3C[C@@H](CC(O)(C3)C1)C2. The highest BCUT2D eigenvalue weighted by Gasteiger charge is 2.60. The summed E-state index contributed by atoms with van der Waals surface area (Å²) in [5, 5.41) is 10.6.